The van der Waals surface area contributed by atoms with Gasteiger partial charge in [-0.1, -0.05) is 18.0 Å². The zero-order valence-corrected chi connectivity index (χ0v) is 13.6. The Bertz CT molecular complexity index is 647. The molecule has 116 valence electrons. The second-order valence-electron chi connectivity index (χ2n) is 6.44. The molecular formula is C15H21ClN2O2S. The van der Waals surface area contributed by atoms with Gasteiger partial charge < -0.3 is 5.73 Å². The lowest BCUT2D eigenvalue weighted by molar-refractivity contribution is 0.280. The van der Waals surface area contributed by atoms with Crippen molar-refractivity contribution in [1.82, 2.24) is 4.72 Å². The van der Waals surface area contributed by atoms with Crippen LogP contribution in [0.1, 0.15) is 32.6 Å². The number of fused-ring (bicyclic) bond motifs is 2. The monoisotopic (exact) mass is 328 g/mol. The van der Waals surface area contributed by atoms with Crippen molar-refractivity contribution in [1.29, 1.82) is 0 Å². The van der Waals surface area contributed by atoms with E-state index in [4.69, 9.17) is 17.3 Å². The molecule has 2 fully saturated rings. The molecule has 0 radical (unpaired) electrons. The fourth-order valence-corrected chi connectivity index (χ4v) is 5.88. The van der Waals surface area contributed by atoms with Crippen molar-refractivity contribution in [2.75, 3.05) is 5.73 Å². The highest BCUT2D eigenvalue weighted by Gasteiger charge is 2.42. The molecule has 0 aromatic heterocycles. The van der Waals surface area contributed by atoms with Crippen LogP contribution in [0, 0.1) is 17.8 Å². The lowest BCUT2D eigenvalue weighted by atomic mass is 9.84. The lowest BCUT2D eigenvalue weighted by Crippen LogP contribution is -2.40. The topological polar surface area (TPSA) is 72.2 Å². The van der Waals surface area contributed by atoms with E-state index in [1.165, 1.54) is 31.4 Å². The molecule has 4 atom stereocenters. The van der Waals surface area contributed by atoms with Gasteiger partial charge in [-0.2, -0.15) is 0 Å². The van der Waals surface area contributed by atoms with E-state index in [1.54, 1.807) is 6.07 Å². The summed E-state index contributed by atoms with van der Waals surface area (Å²) in [5.41, 5.74) is 6.07. The maximum absolute atomic E-state index is 12.5. The molecule has 0 amide bonds. The first-order valence-corrected chi connectivity index (χ1v) is 9.30. The average Bonchev–Trinajstić information content (AvgIpc) is 2.99. The normalized spacial score (nSPS) is 29.7. The third kappa shape index (κ3) is 2.91. The SMILES string of the molecule is CC(NS(=O)(=O)c1ccc(N)cc1Cl)C1CC2CCC1C2. The summed E-state index contributed by atoms with van der Waals surface area (Å²) >= 11 is 6.02. The van der Waals surface area contributed by atoms with Crippen LogP contribution in [0.2, 0.25) is 5.02 Å². The molecular weight excluding hydrogens is 308 g/mol. The Balaban J connectivity index is 1.76. The summed E-state index contributed by atoms with van der Waals surface area (Å²) in [6.45, 7) is 1.97. The molecule has 1 aromatic carbocycles. The van der Waals surface area contributed by atoms with Gasteiger partial charge in [0, 0.05) is 11.7 Å². The summed E-state index contributed by atoms with van der Waals surface area (Å²) in [6.07, 6.45) is 4.96. The van der Waals surface area contributed by atoms with Crippen LogP contribution < -0.4 is 10.5 Å². The highest BCUT2D eigenvalue weighted by Crippen LogP contribution is 2.49. The molecule has 0 spiro atoms. The van der Waals surface area contributed by atoms with Gasteiger partial charge in [-0.15, -0.1) is 0 Å². The Hall–Kier alpha value is -0.780. The molecule has 6 heteroatoms. The Morgan fingerprint density at radius 2 is 2.10 bits per heavy atom. The average molecular weight is 329 g/mol. The lowest BCUT2D eigenvalue weighted by Gasteiger charge is -2.28. The van der Waals surface area contributed by atoms with Crippen LogP contribution in [-0.2, 0) is 10.0 Å². The largest absolute Gasteiger partial charge is 0.399 e. The summed E-state index contributed by atoms with van der Waals surface area (Å²) in [7, 11) is -3.60. The van der Waals surface area contributed by atoms with Crippen molar-refractivity contribution in [2.45, 2.75) is 43.5 Å². The quantitative estimate of drug-likeness (QED) is 0.834. The summed E-state index contributed by atoms with van der Waals surface area (Å²) in [6, 6.07) is 4.44. The summed E-state index contributed by atoms with van der Waals surface area (Å²) in [5.74, 6) is 1.92. The summed E-state index contributed by atoms with van der Waals surface area (Å²) < 4.78 is 27.8. The number of nitrogens with one attached hydrogen (secondary N) is 1. The molecule has 2 saturated carbocycles. The predicted molar refractivity (Wildman–Crippen MR) is 84.6 cm³/mol. The van der Waals surface area contributed by atoms with Crippen molar-refractivity contribution < 1.29 is 8.42 Å². The zero-order valence-electron chi connectivity index (χ0n) is 12.0. The number of benzene rings is 1. The smallest absolute Gasteiger partial charge is 0.242 e. The van der Waals surface area contributed by atoms with Crippen LogP contribution in [0.3, 0.4) is 0 Å². The van der Waals surface area contributed by atoms with Crippen LogP contribution in [0.15, 0.2) is 23.1 Å². The highest BCUT2D eigenvalue weighted by atomic mass is 35.5. The van der Waals surface area contributed by atoms with Crippen molar-refractivity contribution in [3.63, 3.8) is 0 Å². The van der Waals surface area contributed by atoms with Gasteiger partial charge in [0.05, 0.1) is 5.02 Å². The van der Waals surface area contributed by atoms with Gasteiger partial charge >= 0.3 is 0 Å². The number of hydrogen-bond donors (Lipinski definition) is 2. The third-order valence-electron chi connectivity index (χ3n) is 5.02. The van der Waals surface area contributed by atoms with Crippen LogP contribution in [0.4, 0.5) is 5.69 Å². The first-order chi connectivity index (χ1) is 9.87. The maximum atomic E-state index is 12.5. The minimum Gasteiger partial charge on any atom is -0.399 e. The van der Waals surface area contributed by atoms with E-state index in [-0.39, 0.29) is 16.0 Å². The molecule has 0 aliphatic heterocycles. The Labute approximate surface area is 131 Å². The molecule has 3 rings (SSSR count). The summed E-state index contributed by atoms with van der Waals surface area (Å²) in [5, 5.41) is 0.169. The number of anilines is 1. The van der Waals surface area contributed by atoms with Crippen molar-refractivity contribution in [2.24, 2.45) is 17.8 Å². The molecule has 4 nitrogen and oxygen atoms in total. The van der Waals surface area contributed by atoms with Crippen molar-refractivity contribution >= 4 is 27.3 Å². The number of nitrogen functional groups attached to an aromatic ring is 1. The van der Waals surface area contributed by atoms with Crippen LogP contribution in [-0.4, -0.2) is 14.5 Å². The molecule has 21 heavy (non-hydrogen) atoms. The number of sulfonamides is 1. The van der Waals surface area contributed by atoms with E-state index >= 15 is 0 Å². The Morgan fingerprint density at radius 1 is 1.33 bits per heavy atom. The number of hydrogen-bond acceptors (Lipinski definition) is 3. The third-order valence-corrected chi connectivity index (χ3v) is 7.06. The standard InChI is InChI=1S/C15H21ClN2O2S/c1-9(13-7-10-2-3-11(13)6-10)18-21(19,20)15-5-4-12(17)8-14(15)16/h4-5,8-11,13,18H,2-3,6-7,17H2,1H3. The second-order valence-corrected chi connectivity index (χ2v) is 8.53. The van der Waals surface area contributed by atoms with E-state index in [9.17, 15) is 8.42 Å². The van der Waals surface area contributed by atoms with Gasteiger partial charge in [-0.25, -0.2) is 13.1 Å². The van der Waals surface area contributed by atoms with Crippen molar-refractivity contribution in [3.8, 4) is 0 Å². The van der Waals surface area contributed by atoms with Gasteiger partial charge in [0.2, 0.25) is 10.0 Å². The van der Waals surface area contributed by atoms with E-state index < -0.39 is 10.0 Å². The first-order valence-electron chi connectivity index (χ1n) is 7.44. The predicted octanol–water partition coefficient (Wildman–Crippen LogP) is 3.03. The van der Waals surface area contributed by atoms with Crippen LogP contribution in [0.5, 0.6) is 0 Å². The molecule has 1 aromatic rings. The molecule has 3 N–H and O–H groups in total. The minimum atomic E-state index is -3.60. The second kappa shape index (κ2) is 5.45. The molecule has 4 unspecified atom stereocenters. The number of nitrogens with two attached hydrogens (primary N) is 1. The van der Waals surface area contributed by atoms with Gasteiger partial charge in [0.25, 0.3) is 0 Å². The first kappa shape index (κ1) is 15.1. The van der Waals surface area contributed by atoms with E-state index in [1.807, 2.05) is 6.92 Å². The highest BCUT2D eigenvalue weighted by molar-refractivity contribution is 7.89. The molecule has 2 bridgehead atoms. The Kier molecular flexibility index (Phi) is 3.93. The molecule has 0 saturated heterocycles. The van der Waals surface area contributed by atoms with Crippen molar-refractivity contribution in [3.05, 3.63) is 23.2 Å². The zero-order chi connectivity index (χ0) is 15.2. The van der Waals surface area contributed by atoms with Gasteiger partial charge in [-0.3, -0.25) is 0 Å². The van der Waals surface area contributed by atoms with E-state index in [0.717, 1.165) is 12.3 Å². The molecule has 2 aliphatic carbocycles. The fourth-order valence-electron chi connectivity index (χ4n) is 4.04. The summed E-state index contributed by atoms with van der Waals surface area (Å²) in [4.78, 5) is 0.105. The van der Waals surface area contributed by atoms with Gasteiger partial charge in [0.15, 0.2) is 0 Å². The number of halogens is 1. The van der Waals surface area contributed by atoms with E-state index in [2.05, 4.69) is 4.72 Å². The van der Waals surface area contributed by atoms with E-state index in [0.29, 0.717) is 17.5 Å². The minimum absolute atomic E-state index is 0.0566. The fraction of sp³-hybridized carbons (Fsp3) is 0.600. The van der Waals surface area contributed by atoms with Gasteiger partial charge in [0.1, 0.15) is 4.90 Å². The van der Waals surface area contributed by atoms with Crippen LogP contribution >= 0.6 is 11.6 Å². The maximum Gasteiger partial charge on any atom is 0.242 e. The number of rotatable bonds is 4. The molecule has 0 heterocycles. The Morgan fingerprint density at radius 3 is 2.67 bits per heavy atom. The molecule has 2 aliphatic rings. The van der Waals surface area contributed by atoms with Crippen LogP contribution in [0.25, 0.3) is 0 Å². The van der Waals surface area contributed by atoms with Gasteiger partial charge in [-0.05, 0) is 62.1 Å².